The third-order valence-electron chi connectivity index (χ3n) is 5.34. The molecule has 0 aliphatic rings. The summed E-state index contributed by atoms with van der Waals surface area (Å²) in [4.78, 5) is 3.14. The molecule has 4 aromatic rings. The molecule has 0 spiro atoms. The second kappa shape index (κ2) is 8.09. The van der Waals surface area contributed by atoms with Crippen molar-refractivity contribution >= 4 is 32.3 Å². The van der Waals surface area contributed by atoms with Crippen LogP contribution in [-0.4, -0.2) is 19.7 Å². The van der Waals surface area contributed by atoms with Crippen LogP contribution < -0.4 is 0 Å². The monoisotopic (exact) mass is 459 g/mol. The summed E-state index contributed by atoms with van der Waals surface area (Å²) in [6, 6.07) is 14.3. The van der Waals surface area contributed by atoms with Crippen molar-refractivity contribution in [1.29, 1.82) is 0 Å². The number of hydrogen-bond donors (Lipinski definition) is 1. The van der Waals surface area contributed by atoms with Crippen molar-refractivity contribution in [3.05, 3.63) is 105 Å². The van der Waals surface area contributed by atoms with Gasteiger partial charge in [-0.15, -0.1) is 0 Å². The van der Waals surface area contributed by atoms with Crippen LogP contribution in [0.2, 0.25) is 5.02 Å². The van der Waals surface area contributed by atoms with Crippen LogP contribution in [0.15, 0.2) is 60.8 Å². The van der Waals surface area contributed by atoms with Crippen LogP contribution in [0.3, 0.4) is 0 Å². The van der Waals surface area contributed by atoms with Crippen LogP contribution in [-0.2, 0) is 15.6 Å². The molecule has 0 saturated heterocycles. The highest BCUT2D eigenvalue weighted by molar-refractivity contribution is 7.89. The largest absolute Gasteiger partial charge is 0.361 e. The molecule has 7 heteroatoms. The number of aromatic amines is 1. The van der Waals surface area contributed by atoms with Gasteiger partial charge in [0, 0.05) is 28.8 Å². The number of rotatable bonds is 5. The number of halogens is 3. The Balaban J connectivity index is 1.98. The lowest BCUT2D eigenvalue weighted by Gasteiger charge is -2.20. The molecule has 4 rings (SSSR count). The zero-order valence-corrected chi connectivity index (χ0v) is 18.5. The fraction of sp³-hybridized carbons (Fsp3) is 0.167. The fourth-order valence-electron chi connectivity index (χ4n) is 4.07. The molecule has 0 aliphatic heterocycles. The van der Waals surface area contributed by atoms with E-state index in [1.165, 1.54) is 24.3 Å². The second-order valence-electron chi connectivity index (χ2n) is 7.79. The third-order valence-corrected chi connectivity index (χ3v) is 6.41. The van der Waals surface area contributed by atoms with Crippen molar-refractivity contribution in [2.75, 3.05) is 6.26 Å². The normalized spacial score (nSPS) is 12.9. The Bertz CT molecular complexity index is 1380. The molecule has 1 N–H and O–H groups in total. The lowest BCUT2D eigenvalue weighted by molar-refractivity contribution is 0.600. The van der Waals surface area contributed by atoms with Crippen LogP contribution >= 0.6 is 11.6 Å². The third kappa shape index (κ3) is 4.50. The number of benzene rings is 3. The summed E-state index contributed by atoms with van der Waals surface area (Å²) in [5.41, 5.74) is 4.40. The van der Waals surface area contributed by atoms with E-state index >= 15 is 0 Å². The Morgan fingerprint density at radius 1 is 0.968 bits per heavy atom. The quantitative estimate of drug-likeness (QED) is 0.390. The van der Waals surface area contributed by atoms with Gasteiger partial charge in [-0.05, 0) is 71.1 Å². The molecule has 1 atom stereocenters. The first-order chi connectivity index (χ1) is 14.6. The van der Waals surface area contributed by atoms with E-state index in [1.807, 2.05) is 19.1 Å². The number of H-pyrrole nitrogens is 1. The Morgan fingerprint density at radius 2 is 1.68 bits per heavy atom. The maximum atomic E-state index is 14.5. The molecule has 0 bridgehead atoms. The van der Waals surface area contributed by atoms with Crippen molar-refractivity contribution < 1.29 is 17.2 Å². The van der Waals surface area contributed by atoms with Crippen molar-refractivity contribution in [3.8, 4) is 0 Å². The highest BCUT2D eigenvalue weighted by Crippen LogP contribution is 2.39. The van der Waals surface area contributed by atoms with Gasteiger partial charge < -0.3 is 4.98 Å². The summed E-state index contributed by atoms with van der Waals surface area (Å²) in [7, 11) is -3.36. The van der Waals surface area contributed by atoms with E-state index in [2.05, 4.69) is 4.98 Å². The number of fused-ring (bicyclic) bond motifs is 1. The molecular weight excluding hydrogens is 440 g/mol. The molecule has 1 heterocycles. The van der Waals surface area contributed by atoms with Gasteiger partial charge in [0.15, 0.2) is 9.84 Å². The lowest BCUT2D eigenvalue weighted by Crippen LogP contribution is -2.06. The molecule has 3 nitrogen and oxygen atoms in total. The molecule has 0 aliphatic carbocycles. The number of aromatic nitrogens is 1. The van der Waals surface area contributed by atoms with Gasteiger partial charge in [-0.3, -0.25) is 0 Å². The summed E-state index contributed by atoms with van der Waals surface area (Å²) in [6.07, 6.45) is 2.88. The summed E-state index contributed by atoms with van der Waals surface area (Å²) in [5.74, 6) is -1.48. The van der Waals surface area contributed by atoms with Gasteiger partial charge in [0.1, 0.15) is 11.6 Å². The number of sulfone groups is 1. The van der Waals surface area contributed by atoms with Crippen LogP contribution in [0.5, 0.6) is 0 Å². The summed E-state index contributed by atoms with van der Waals surface area (Å²) < 4.78 is 51.8. The highest BCUT2D eigenvalue weighted by Gasteiger charge is 2.24. The number of nitrogens with one attached hydrogen (secondary N) is 1. The predicted octanol–water partition coefficient (Wildman–Crippen LogP) is 6.13. The maximum Gasteiger partial charge on any atom is 0.151 e. The molecule has 3 aromatic carbocycles. The van der Waals surface area contributed by atoms with E-state index in [9.17, 15) is 17.2 Å². The summed E-state index contributed by atoms with van der Waals surface area (Å²) in [6.45, 7) is 1.93. The SMILES string of the molecule is Cc1cc(Cl)ccc1C(c1ccc(F)cc1)c1c[nH]c2c(CS(C)(=O)=O)cc(F)cc12. The molecule has 0 radical (unpaired) electrons. The standard InChI is InChI=1S/C24H20ClF2NO2S/c1-14-9-17(25)5-8-20(14)23(15-3-6-18(26)7-4-15)22-12-28-24-16(13-31(2,29)30)10-19(27)11-21(22)24/h3-12,23,28H,13H2,1-2H3. The van der Waals surface area contributed by atoms with Gasteiger partial charge in [0.05, 0.1) is 11.3 Å². The van der Waals surface area contributed by atoms with E-state index < -0.39 is 15.7 Å². The summed E-state index contributed by atoms with van der Waals surface area (Å²) in [5, 5.41) is 1.18. The van der Waals surface area contributed by atoms with Gasteiger partial charge in [-0.2, -0.15) is 0 Å². The predicted molar refractivity (Wildman–Crippen MR) is 120 cm³/mol. The first-order valence-corrected chi connectivity index (χ1v) is 12.0. The maximum absolute atomic E-state index is 14.5. The van der Waals surface area contributed by atoms with Crippen molar-refractivity contribution in [2.45, 2.75) is 18.6 Å². The molecule has 0 fully saturated rings. The molecular formula is C24H20ClF2NO2S. The minimum Gasteiger partial charge on any atom is -0.361 e. The number of aryl methyl sites for hydroxylation is 1. The number of hydrogen-bond acceptors (Lipinski definition) is 2. The van der Waals surface area contributed by atoms with E-state index in [4.69, 9.17) is 11.6 Å². The Labute approximate surface area is 184 Å². The average Bonchev–Trinajstić information content (AvgIpc) is 3.07. The first kappa shape index (κ1) is 21.5. The van der Waals surface area contributed by atoms with E-state index in [0.717, 1.165) is 28.5 Å². The summed E-state index contributed by atoms with van der Waals surface area (Å²) >= 11 is 6.15. The van der Waals surface area contributed by atoms with E-state index in [0.29, 0.717) is 21.5 Å². The van der Waals surface area contributed by atoms with Gasteiger partial charge in [0.2, 0.25) is 0 Å². The molecule has 31 heavy (non-hydrogen) atoms. The second-order valence-corrected chi connectivity index (χ2v) is 10.4. The lowest BCUT2D eigenvalue weighted by atomic mass is 9.83. The van der Waals surface area contributed by atoms with E-state index in [-0.39, 0.29) is 17.5 Å². The topological polar surface area (TPSA) is 49.9 Å². The minimum absolute atomic E-state index is 0.275. The molecule has 0 saturated carbocycles. The fourth-order valence-corrected chi connectivity index (χ4v) is 5.09. The van der Waals surface area contributed by atoms with Gasteiger partial charge in [-0.25, -0.2) is 17.2 Å². The Hall–Kier alpha value is -2.70. The Kier molecular flexibility index (Phi) is 5.62. The molecule has 1 unspecified atom stereocenters. The van der Waals surface area contributed by atoms with Crippen LogP contribution in [0.25, 0.3) is 10.9 Å². The zero-order valence-electron chi connectivity index (χ0n) is 16.9. The van der Waals surface area contributed by atoms with Crippen LogP contribution in [0.1, 0.15) is 33.7 Å². The minimum atomic E-state index is -3.36. The van der Waals surface area contributed by atoms with Gasteiger partial charge in [-0.1, -0.05) is 29.8 Å². The van der Waals surface area contributed by atoms with Crippen LogP contribution in [0.4, 0.5) is 8.78 Å². The van der Waals surface area contributed by atoms with Gasteiger partial charge in [0.25, 0.3) is 0 Å². The molecule has 0 amide bonds. The Morgan fingerprint density at radius 3 is 2.32 bits per heavy atom. The van der Waals surface area contributed by atoms with Crippen molar-refractivity contribution in [1.82, 2.24) is 4.98 Å². The van der Waals surface area contributed by atoms with Crippen molar-refractivity contribution in [3.63, 3.8) is 0 Å². The smallest absolute Gasteiger partial charge is 0.151 e. The average molecular weight is 460 g/mol. The zero-order chi connectivity index (χ0) is 22.3. The highest BCUT2D eigenvalue weighted by atomic mass is 35.5. The van der Waals surface area contributed by atoms with Crippen molar-refractivity contribution in [2.24, 2.45) is 0 Å². The first-order valence-electron chi connectivity index (χ1n) is 9.61. The van der Waals surface area contributed by atoms with Gasteiger partial charge >= 0.3 is 0 Å². The molecule has 1 aromatic heterocycles. The van der Waals surface area contributed by atoms with E-state index in [1.54, 1.807) is 24.4 Å². The molecule has 160 valence electrons. The van der Waals surface area contributed by atoms with Crippen LogP contribution in [0, 0.1) is 18.6 Å².